The van der Waals surface area contributed by atoms with Crippen LogP contribution in [0.5, 0.6) is 0 Å². The molecule has 1 aromatic carbocycles. The fourth-order valence-electron chi connectivity index (χ4n) is 3.70. The number of ether oxygens (including phenoxy) is 1. The number of hydrogen-bond acceptors (Lipinski definition) is 5. The predicted molar refractivity (Wildman–Crippen MR) is 119 cm³/mol. The monoisotopic (exact) mass is 452 g/mol. The molecule has 162 valence electrons. The van der Waals surface area contributed by atoms with E-state index in [-0.39, 0.29) is 29.3 Å². The zero-order valence-corrected chi connectivity index (χ0v) is 19.0. The van der Waals surface area contributed by atoms with Crippen molar-refractivity contribution in [3.8, 4) is 11.3 Å². The molecule has 1 aromatic heterocycles. The maximum atomic E-state index is 13.1. The van der Waals surface area contributed by atoms with Gasteiger partial charge >= 0.3 is 0 Å². The Morgan fingerprint density at radius 1 is 1.30 bits per heavy atom. The van der Waals surface area contributed by atoms with Gasteiger partial charge in [0.15, 0.2) is 0 Å². The summed E-state index contributed by atoms with van der Waals surface area (Å²) in [5.41, 5.74) is 1.28. The molecule has 1 saturated heterocycles. The second-order valence-electron chi connectivity index (χ2n) is 7.27. The van der Waals surface area contributed by atoms with Gasteiger partial charge in [-0.2, -0.15) is 0 Å². The van der Waals surface area contributed by atoms with E-state index in [1.54, 1.807) is 41.6 Å². The van der Waals surface area contributed by atoms with Gasteiger partial charge in [-0.25, -0.2) is 4.98 Å². The normalized spacial score (nSPS) is 18.7. The molecule has 2 heterocycles. The summed E-state index contributed by atoms with van der Waals surface area (Å²) in [7, 11) is 1.70. The van der Waals surface area contributed by atoms with E-state index in [0.29, 0.717) is 47.5 Å². The highest BCUT2D eigenvalue weighted by Crippen LogP contribution is 2.29. The van der Waals surface area contributed by atoms with E-state index in [1.165, 1.54) is 0 Å². The van der Waals surface area contributed by atoms with E-state index in [9.17, 15) is 9.59 Å². The topological polar surface area (TPSA) is 76.5 Å². The summed E-state index contributed by atoms with van der Waals surface area (Å²) in [6, 6.07) is 4.84. The van der Waals surface area contributed by atoms with Gasteiger partial charge in [-0.05, 0) is 31.5 Å². The molecule has 0 radical (unpaired) electrons. The minimum Gasteiger partial charge on any atom is -0.374 e. The summed E-state index contributed by atoms with van der Waals surface area (Å²) in [6.07, 6.45) is 0.445. The molecule has 1 aliphatic heterocycles. The van der Waals surface area contributed by atoms with Crippen molar-refractivity contribution < 1.29 is 9.53 Å². The van der Waals surface area contributed by atoms with Crippen molar-refractivity contribution in [3.63, 3.8) is 0 Å². The lowest BCUT2D eigenvalue weighted by Gasteiger charge is -2.24. The first kappa shape index (κ1) is 22.6. The van der Waals surface area contributed by atoms with Crippen LogP contribution in [0.4, 0.5) is 5.82 Å². The lowest BCUT2D eigenvalue weighted by molar-refractivity contribution is -0.128. The fraction of sp³-hybridized carbons (Fsp3) is 0.476. The SMILES string of the molecule is CCO[C@@H]1CN(C(C)=O)C[C@H]1Nc1c(CC)nc(-c2ccc(Cl)cc2Cl)c(=O)n1C. The van der Waals surface area contributed by atoms with Gasteiger partial charge in [0.2, 0.25) is 5.91 Å². The van der Waals surface area contributed by atoms with Gasteiger partial charge in [-0.3, -0.25) is 14.2 Å². The molecule has 0 spiro atoms. The molecule has 1 N–H and O–H groups in total. The molecule has 0 aliphatic carbocycles. The summed E-state index contributed by atoms with van der Waals surface area (Å²) >= 11 is 12.3. The molecule has 2 aromatic rings. The number of nitrogens with zero attached hydrogens (tertiary/aromatic N) is 3. The van der Waals surface area contributed by atoms with Crippen LogP contribution < -0.4 is 10.9 Å². The summed E-state index contributed by atoms with van der Waals surface area (Å²) in [5.74, 6) is 0.621. The smallest absolute Gasteiger partial charge is 0.278 e. The summed E-state index contributed by atoms with van der Waals surface area (Å²) < 4.78 is 7.38. The number of nitrogens with one attached hydrogen (secondary N) is 1. The largest absolute Gasteiger partial charge is 0.374 e. The minimum atomic E-state index is -0.270. The molecule has 1 amide bonds. The Morgan fingerprint density at radius 3 is 2.63 bits per heavy atom. The van der Waals surface area contributed by atoms with Crippen LogP contribution in [0.1, 0.15) is 26.5 Å². The molecular formula is C21H26Cl2N4O3. The van der Waals surface area contributed by atoms with Gasteiger partial charge in [0.1, 0.15) is 11.5 Å². The van der Waals surface area contributed by atoms with E-state index >= 15 is 0 Å². The Morgan fingerprint density at radius 2 is 2.03 bits per heavy atom. The number of likely N-dealkylation sites (tertiary alicyclic amines) is 1. The maximum absolute atomic E-state index is 13.1. The molecule has 1 fully saturated rings. The van der Waals surface area contributed by atoms with E-state index in [0.717, 1.165) is 5.69 Å². The van der Waals surface area contributed by atoms with E-state index in [1.807, 2.05) is 13.8 Å². The van der Waals surface area contributed by atoms with Crippen molar-refractivity contribution in [1.29, 1.82) is 0 Å². The van der Waals surface area contributed by atoms with Crippen molar-refractivity contribution in [2.24, 2.45) is 7.05 Å². The van der Waals surface area contributed by atoms with Gasteiger partial charge in [0.05, 0.1) is 22.9 Å². The van der Waals surface area contributed by atoms with Crippen molar-refractivity contribution in [3.05, 3.63) is 44.3 Å². The van der Waals surface area contributed by atoms with Crippen molar-refractivity contribution >= 4 is 34.9 Å². The number of anilines is 1. The molecule has 0 saturated carbocycles. The molecule has 30 heavy (non-hydrogen) atoms. The van der Waals surface area contributed by atoms with Crippen LogP contribution in [0, 0.1) is 0 Å². The summed E-state index contributed by atoms with van der Waals surface area (Å²) in [6.45, 7) is 7.00. The van der Waals surface area contributed by atoms with Crippen LogP contribution in [-0.4, -0.2) is 52.2 Å². The lowest BCUT2D eigenvalue weighted by atomic mass is 10.1. The second-order valence-corrected chi connectivity index (χ2v) is 8.11. The van der Waals surface area contributed by atoms with Gasteiger partial charge in [-0.1, -0.05) is 30.1 Å². The van der Waals surface area contributed by atoms with Crippen molar-refractivity contribution in [2.45, 2.75) is 39.3 Å². The van der Waals surface area contributed by atoms with E-state index in [2.05, 4.69) is 10.3 Å². The zero-order chi connectivity index (χ0) is 22.0. The molecule has 3 rings (SSSR count). The number of benzene rings is 1. The molecule has 2 atom stereocenters. The summed E-state index contributed by atoms with van der Waals surface area (Å²) in [5, 5.41) is 4.29. The third-order valence-corrected chi connectivity index (χ3v) is 5.85. The number of halogens is 2. The zero-order valence-electron chi connectivity index (χ0n) is 17.5. The number of rotatable bonds is 6. The number of hydrogen-bond donors (Lipinski definition) is 1. The average Bonchev–Trinajstić information content (AvgIpc) is 3.10. The quantitative estimate of drug-likeness (QED) is 0.726. The Labute approximate surface area is 185 Å². The minimum absolute atomic E-state index is 0.000500. The van der Waals surface area contributed by atoms with Gasteiger partial charge in [0, 0.05) is 44.3 Å². The van der Waals surface area contributed by atoms with Crippen molar-refractivity contribution in [1.82, 2.24) is 14.5 Å². The van der Waals surface area contributed by atoms with E-state index in [4.69, 9.17) is 27.9 Å². The standard InChI is InChI=1S/C21H26Cl2N4O3/c1-5-16-20(25-17-10-27(12(3)28)11-18(17)30-6-2)26(4)21(29)19(24-16)14-8-7-13(22)9-15(14)23/h7-9,17-18,25H,5-6,10-11H2,1-4H3/t17-,18-/m1/s1. The maximum Gasteiger partial charge on any atom is 0.278 e. The molecule has 0 bridgehead atoms. The van der Waals surface area contributed by atoms with Crippen LogP contribution in [-0.2, 0) is 23.0 Å². The Kier molecular flexibility index (Phi) is 7.06. The van der Waals surface area contributed by atoms with Crippen LogP contribution in [0.15, 0.2) is 23.0 Å². The highest BCUT2D eigenvalue weighted by atomic mass is 35.5. The fourth-order valence-corrected chi connectivity index (χ4v) is 4.20. The van der Waals surface area contributed by atoms with Crippen LogP contribution in [0.3, 0.4) is 0 Å². The molecule has 1 aliphatic rings. The van der Waals surface area contributed by atoms with Crippen LogP contribution >= 0.6 is 23.2 Å². The van der Waals surface area contributed by atoms with Crippen LogP contribution in [0.2, 0.25) is 10.0 Å². The summed E-state index contributed by atoms with van der Waals surface area (Å²) in [4.78, 5) is 31.4. The highest BCUT2D eigenvalue weighted by Gasteiger charge is 2.35. The van der Waals surface area contributed by atoms with Crippen molar-refractivity contribution in [2.75, 3.05) is 25.0 Å². The third-order valence-electron chi connectivity index (χ3n) is 5.30. The second kappa shape index (κ2) is 9.37. The van der Waals surface area contributed by atoms with Crippen LogP contribution in [0.25, 0.3) is 11.3 Å². The van der Waals surface area contributed by atoms with Gasteiger partial charge in [-0.15, -0.1) is 0 Å². The number of amides is 1. The van der Waals surface area contributed by atoms with Gasteiger partial charge in [0.25, 0.3) is 5.56 Å². The number of carbonyl (C=O) groups excluding carboxylic acids is 1. The first-order valence-corrected chi connectivity index (χ1v) is 10.7. The average molecular weight is 453 g/mol. The Bertz CT molecular complexity index is 1010. The molecular weight excluding hydrogens is 427 g/mol. The molecule has 9 heteroatoms. The molecule has 0 unspecified atom stereocenters. The lowest BCUT2D eigenvalue weighted by Crippen LogP contribution is -2.37. The highest BCUT2D eigenvalue weighted by molar-refractivity contribution is 6.36. The van der Waals surface area contributed by atoms with Gasteiger partial charge < -0.3 is 15.0 Å². The first-order valence-electron chi connectivity index (χ1n) is 9.95. The Hall–Kier alpha value is -2.09. The first-order chi connectivity index (χ1) is 14.3. The third kappa shape index (κ3) is 4.48. The van der Waals surface area contributed by atoms with E-state index < -0.39 is 0 Å². The Balaban J connectivity index is 2.01. The number of aryl methyl sites for hydroxylation is 1. The predicted octanol–water partition coefficient (Wildman–Crippen LogP) is 3.36. The number of aromatic nitrogens is 2. The number of carbonyl (C=O) groups is 1. The molecule has 7 nitrogen and oxygen atoms in total.